The third kappa shape index (κ3) is 3.80. The van der Waals surface area contributed by atoms with Crippen molar-refractivity contribution < 1.29 is 0 Å². The van der Waals surface area contributed by atoms with Crippen LogP contribution in [-0.2, 0) is 20.0 Å². The van der Waals surface area contributed by atoms with Crippen LogP contribution < -0.4 is 0 Å². The molecule has 0 aromatic carbocycles. The summed E-state index contributed by atoms with van der Waals surface area (Å²) in [5.74, 6) is 0. The van der Waals surface area contributed by atoms with Crippen LogP contribution in [0.5, 0.6) is 0 Å². The molecule has 1 aliphatic rings. The van der Waals surface area contributed by atoms with Gasteiger partial charge in [0.1, 0.15) is 0 Å². The minimum absolute atomic E-state index is 0.980. The maximum absolute atomic E-state index is 4.57. The highest BCUT2D eigenvalue weighted by atomic mass is 79.9. The van der Waals surface area contributed by atoms with Crippen molar-refractivity contribution in [2.75, 3.05) is 38.1 Å². The van der Waals surface area contributed by atoms with Crippen LogP contribution in [0.25, 0.3) is 0 Å². The minimum atomic E-state index is 0.980. The molecule has 6 heteroatoms. The van der Waals surface area contributed by atoms with E-state index in [9.17, 15) is 0 Å². The fourth-order valence-electron chi connectivity index (χ4n) is 2.49. The molecule has 1 fully saturated rings. The summed E-state index contributed by atoms with van der Waals surface area (Å²) in [5.41, 5.74) is 2.46. The zero-order valence-electron chi connectivity index (χ0n) is 11.7. The summed E-state index contributed by atoms with van der Waals surface area (Å²) in [6.07, 6.45) is 0.980. The molecule has 1 saturated heterocycles. The number of hydrogen-bond acceptors (Lipinski definition) is 3. The predicted molar refractivity (Wildman–Crippen MR) is 85.8 cm³/mol. The third-order valence-electron chi connectivity index (χ3n) is 3.74. The SMILES string of the molecule is CCc1nn(C)c(CN2CCN(CCBr)CC2)c1Br. The number of alkyl halides is 1. The molecule has 0 bridgehead atoms. The Labute approximate surface area is 132 Å². The average Bonchev–Trinajstić information content (AvgIpc) is 2.68. The summed E-state index contributed by atoms with van der Waals surface area (Å²) >= 11 is 7.21. The van der Waals surface area contributed by atoms with Gasteiger partial charge in [-0.1, -0.05) is 22.9 Å². The summed E-state index contributed by atoms with van der Waals surface area (Å²) in [6, 6.07) is 0. The van der Waals surface area contributed by atoms with Gasteiger partial charge in [0, 0.05) is 51.6 Å². The van der Waals surface area contributed by atoms with Crippen LogP contribution in [0, 0.1) is 0 Å². The second-order valence-corrected chi connectivity index (χ2v) is 6.58. The number of halogens is 2. The molecule has 19 heavy (non-hydrogen) atoms. The van der Waals surface area contributed by atoms with Gasteiger partial charge in [0.2, 0.25) is 0 Å². The van der Waals surface area contributed by atoms with Crippen LogP contribution in [0.4, 0.5) is 0 Å². The molecule has 0 atom stereocenters. The molecular weight excluding hydrogens is 372 g/mol. The van der Waals surface area contributed by atoms with Crippen molar-refractivity contribution in [1.82, 2.24) is 19.6 Å². The van der Waals surface area contributed by atoms with Crippen molar-refractivity contribution in [2.24, 2.45) is 7.05 Å². The Morgan fingerprint density at radius 1 is 1.16 bits per heavy atom. The van der Waals surface area contributed by atoms with E-state index in [0.717, 1.165) is 43.6 Å². The molecule has 1 aliphatic heterocycles. The number of piperazine rings is 1. The van der Waals surface area contributed by atoms with E-state index in [1.807, 2.05) is 11.7 Å². The highest BCUT2D eigenvalue weighted by molar-refractivity contribution is 9.10. The normalized spacial score (nSPS) is 18.1. The maximum atomic E-state index is 4.57. The van der Waals surface area contributed by atoms with Gasteiger partial charge < -0.3 is 0 Å². The highest BCUT2D eigenvalue weighted by Crippen LogP contribution is 2.23. The van der Waals surface area contributed by atoms with Gasteiger partial charge in [-0.2, -0.15) is 5.10 Å². The summed E-state index contributed by atoms with van der Waals surface area (Å²) < 4.78 is 3.22. The summed E-state index contributed by atoms with van der Waals surface area (Å²) in [6.45, 7) is 8.92. The Morgan fingerprint density at radius 2 is 1.79 bits per heavy atom. The van der Waals surface area contributed by atoms with Crippen molar-refractivity contribution in [3.63, 3.8) is 0 Å². The first-order valence-electron chi connectivity index (χ1n) is 6.86. The van der Waals surface area contributed by atoms with Gasteiger partial charge in [-0.05, 0) is 22.4 Å². The van der Waals surface area contributed by atoms with Gasteiger partial charge in [0.25, 0.3) is 0 Å². The average molecular weight is 394 g/mol. The Hall–Kier alpha value is 0.0900. The number of rotatable bonds is 5. The first kappa shape index (κ1) is 15.5. The monoisotopic (exact) mass is 392 g/mol. The molecule has 2 rings (SSSR count). The fourth-order valence-corrected chi connectivity index (χ4v) is 3.74. The van der Waals surface area contributed by atoms with Gasteiger partial charge >= 0.3 is 0 Å². The van der Waals surface area contributed by atoms with E-state index >= 15 is 0 Å². The van der Waals surface area contributed by atoms with Crippen LogP contribution in [0.1, 0.15) is 18.3 Å². The van der Waals surface area contributed by atoms with Crippen molar-refractivity contribution in [1.29, 1.82) is 0 Å². The van der Waals surface area contributed by atoms with E-state index < -0.39 is 0 Å². The first-order chi connectivity index (χ1) is 9.15. The molecule has 0 aliphatic carbocycles. The Bertz CT molecular complexity index is 411. The lowest BCUT2D eigenvalue weighted by atomic mass is 10.2. The molecule has 0 radical (unpaired) electrons. The molecule has 0 N–H and O–H groups in total. The number of hydrogen-bond donors (Lipinski definition) is 0. The van der Waals surface area contributed by atoms with Crippen molar-refractivity contribution in [2.45, 2.75) is 19.9 Å². The van der Waals surface area contributed by atoms with E-state index in [4.69, 9.17) is 0 Å². The molecule has 1 aromatic rings. The van der Waals surface area contributed by atoms with Gasteiger partial charge in [-0.25, -0.2) is 0 Å². The second kappa shape index (κ2) is 7.20. The number of aryl methyl sites for hydroxylation is 2. The van der Waals surface area contributed by atoms with Crippen molar-refractivity contribution in [3.8, 4) is 0 Å². The van der Waals surface area contributed by atoms with E-state index in [2.05, 4.69) is 53.7 Å². The molecule has 2 heterocycles. The molecule has 1 aromatic heterocycles. The third-order valence-corrected chi connectivity index (χ3v) is 5.01. The van der Waals surface area contributed by atoms with Crippen LogP contribution in [0.15, 0.2) is 4.47 Å². The molecule has 0 spiro atoms. The van der Waals surface area contributed by atoms with Gasteiger partial charge in [-0.15, -0.1) is 0 Å². The van der Waals surface area contributed by atoms with Crippen LogP contribution in [0.3, 0.4) is 0 Å². The van der Waals surface area contributed by atoms with Gasteiger partial charge in [-0.3, -0.25) is 14.5 Å². The number of nitrogens with zero attached hydrogens (tertiary/aromatic N) is 4. The summed E-state index contributed by atoms with van der Waals surface area (Å²) in [7, 11) is 2.04. The standard InChI is InChI=1S/C13H22Br2N4/c1-3-11-13(15)12(17(2)16-11)10-19-8-6-18(5-4-14)7-9-19/h3-10H2,1-2H3. The molecule has 0 saturated carbocycles. The predicted octanol–water partition coefficient (Wildman–Crippen LogP) is 2.26. The van der Waals surface area contributed by atoms with E-state index in [1.165, 1.54) is 23.3 Å². The van der Waals surface area contributed by atoms with Gasteiger partial charge in [0.05, 0.1) is 15.9 Å². The highest BCUT2D eigenvalue weighted by Gasteiger charge is 2.20. The quantitative estimate of drug-likeness (QED) is 0.717. The zero-order chi connectivity index (χ0) is 13.8. The van der Waals surface area contributed by atoms with E-state index in [-0.39, 0.29) is 0 Å². The summed E-state index contributed by atoms with van der Waals surface area (Å²) in [5, 5.41) is 5.63. The smallest absolute Gasteiger partial charge is 0.0767 e. The fraction of sp³-hybridized carbons (Fsp3) is 0.769. The van der Waals surface area contributed by atoms with Gasteiger partial charge in [0.15, 0.2) is 0 Å². The maximum Gasteiger partial charge on any atom is 0.0767 e. The topological polar surface area (TPSA) is 24.3 Å². The van der Waals surface area contributed by atoms with Crippen LogP contribution >= 0.6 is 31.9 Å². The molecular formula is C13H22Br2N4. The largest absolute Gasteiger partial charge is 0.300 e. The summed E-state index contributed by atoms with van der Waals surface area (Å²) in [4.78, 5) is 5.03. The minimum Gasteiger partial charge on any atom is -0.300 e. The molecule has 4 nitrogen and oxygen atoms in total. The lowest BCUT2D eigenvalue weighted by Gasteiger charge is -2.34. The van der Waals surface area contributed by atoms with Crippen molar-refractivity contribution >= 4 is 31.9 Å². The first-order valence-corrected chi connectivity index (χ1v) is 8.78. The van der Waals surface area contributed by atoms with E-state index in [0.29, 0.717) is 0 Å². The molecule has 0 unspecified atom stereocenters. The van der Waals surface area contributed by atoms with Crippen molar-refractivity contribution in [3.05, 3.63) is 15.9 Å². The number of aromatic nitrogens is 2. The second-order valence-electron chi connectivity index (χ2n) is 4.99. The van der Waals surface area contributed by atoms with Crippen LogP contribution in [0.2, 0.25) is 0 Å². The Balaban J connectivity index is 1.94. The zero-order valence-corrected chi connectivity index (χ0v) is 14.9. The molecule has 108 valence electrons. The Morgan fingerprint density at radius 3 is 2.32 bits per heavy atom. The van der Waals surface area contributed by atoms with E-state index in [1.54, 1.807) is 0 Å². The lowest BCUT2D eigenvalue weighted by molar-refractivity contribution is 0.130. The molecule has 0 amide bonds. The van der Waals surface area contributed by atoms with Crippen LogP contribution in [-0.4, -0.2) is 57.6 Å². The Kier molecular flexibility index (Phi) is 5.87. The lowest BCUT2D eigenvalue weighted by Crippen LogP contribution is -2.46.